The maximum Gasteiger partial charge on any atom is 0.225 e. The molecule has 0 aromatic carbocycles. The van der Waals surface area contributed by atoms with Gasteiger partial charge in [0.1, 0.15) is 10.6 Å². The van der Waals surface area contributed by atoms with Crippen molar-refractivity contribution in [2.24, 2.45) is 11.3 Å². The number of carbonyl (C=O) groups excluding carboxylic acids is 1. The van der Waals surface area contributed by atoms with Gasteiger partial charge in [-0.2, -0.15) is 4.98 Å². The number of hydrogen-bond donors (Lipinski definition) is 0. The van der Waals surface area contributed by atoms with Crippen molar-refractivity contribution >= 4 is 45.4 Å². The van der Waals surface area contributed by atoms with Gasteiger partial charge in [0.15, 0.2) is 0 Å². The highest BCUT2D eigenvalue weighted by Gasteiger charge is 2.32. The van der Waals surface area contributed by atoms with Gasteiger partial charge < -0.3 is 9.80 Å². The molecule has 2 aromatic heterocycles. The Hall–Kier alpha value is -1.40. The van der Waals surface area contributed by atoms with Gasteiger partial charge >= 0.3 is 0 Å². The van der Waals surface area contributed by atoms with Crippen molar-refractivity contribution in [2.45, 2.75) is 40.0 Å². The van der Waals surface area contributed by atoms with Gasteiger partial charge in [-0.1, -0.05) is 20.8 Å². The Morgan fingerprint density at radius 3 is 2.58 bits per heavy atom. The van der Waals surface area contributed by atoms with E-state index in [1.807, 2.05) is 4.90 Å². The van der Waals surface area contributed by atoms with Gasteiger partial charge in [-0.05, 0) is 47.8 Å². The second-order valence-corrected chi connectivity index (χ2v) is 9.86. The molecule has 26 heavy (non-hydrogen) atoms. The number of fused-ring (bicyclic) bond motifs is 3. The van der Waals surface area contributed by atoms with E-state index in [4.69, 9.17) is 11.6 Å². The maximum absolute atomic E-state index is 11.0. The van der Waals surface area contributed by atoms with E-state index in [1.54, 1.807) is 11.3 Å². The molecule has 3 heterocycles. The van der Waals surface area contributed by atoms with Crippen molar-refractivity contribution < 1.29 is 4.79 Å². The molecule has 0 N–H and O–H groups in total. The van der Waals surface area contributed by atoms with Crippen LogP contribution < -0.4 is 4.90 Å². The first-order chi connectivity index (χ1) is 12.4. The molecular weight excluding hydrogens is 368 g/mol. The third-order valence-electron chi connectivity index (χ3n) is 5.85. The molecule has 1 amide bonds. The Morgan fingerprint density at radius 1 is 1.19 bits per heavy atom. The standard InChI is InChI=1S/C19H25ClN4OS/c1-19(2,3)12-4-5-13-14(10-12)26-17-15(13)16(21-18(20)22-17)24-8-6-23(11-25)7-9-24/h11-12H,4-10H2,1-3H3. The largest absolute Gasteiger partial charge is 0.352 e. The number of rotatable bonds is 2. The van der Waals surface area contributed by atoms with E-state index >= 15 is 0 Å². The van der Waals surface area contributed by atoms with E-state index < -0.39 is 0 Å². The fraction of sp³-hybridized carbons (Fsp3) is 0.632. The first-order valence-corrected chi connectivity index (χ1v) is 10.5. The lowest BCUT2D eigenvalue weighted by Gasteiger charge is -2.35. The summed E-state index contributed by atoms with van der Waals surface area (Å²) in [5, 5.41) is 1.51. The molecule has 0 bridgehead atoms. The number of nitrogens with zero attached hydrogens (tertiary/aromatic N) is 4. The monoisotopic (exact) mass is 392 g/mol. The molecule has 1 saturated heterocycles. The summed E-state index contributed by atoms with van der Waals surface area (Å²) in [5.41, 5.74) is 1.75. The predicted octanol–water partition coefficient (Wildman–Crippen LogP) is 3.77. The summed E-state index contributed by atoms with van der Waals surface area (Å²) in [6.45, 7) is 10.0. The van der Waals surface area contributed by atoms with Crippen LogP contribution in [-0.2, 0) is 17.6 Å². The van der Waals surface area contributed by atoms with Crippen LogP contribution in [0.2, 0.25) is 5.28 Å². The molecule has 1 atom stereocenters. The van der Waals surface area contributed by atoms with E-state index in [-0.39, 0.29) is 0 Å². The molecule has 4 rings (SSSR count). The van der Waals surface area contributed by atoms with Crippen LogP contribution in [0.5, 0.6) is 0 Å². The van der Waals surface area contributed by atoms with Gasteiger partial charge in [-0.3, -0.25) is 4.79 Å². The van der Waals surface area contributed by atoms with Crippen molar-refractivity contribution in [3.63, 3.8) is 0 Å². The lowest BCUT2D eigenvalue weighted by Crippen LogP contribution is -2.46. The summed E-state index contributed by atoms with van der Waals surface area (Å²) < 4.78 is 0. The fourth-order valence-corrected chi connectivity index (χ4v) is 5.65. The minimum Gasteiger partial charge on any atom is -0.352 e. The smallest absolute Gasteiger partial charge is 0.225 e. The zero-order chi connectivity index (χ0) is 18.5. The SMILES string of the molecule is CC(C)(C)C1CCc2c(sc3nc(Cl)nc(N4CCN(C=O)CC4)c23)C1. The van der Waals surface area contributed by atoms with Gasteiger partial charge in [-0.15, -0.1) is 11.3 Å². The molecule has 2 aliphatic rings. The molecule has 0 radical (unpaired) electrons. The van der Waals surface area contributed by atoms with Crippen LogP contribution in [0.25, 0.3) is 10.2 Å². The molecule has 0 saturated carbocycles. The van der Waals surface area contributed by atoms with Crippen LogP contribution in [0.1, 0.15) is 37.6 Å². The highest BCUT2D eigenvalue weighted by molar-refractivity contribution is 7.19. The first-order valence-electron chi connectivity index (χ1n) is 9.29. The number of aromatic nitrogens is 2. The van der Waals surface area contributed by atoms with Crippen LogP contribution >= 0.6 is 22.9 Å². The fourth-order valence-electron chi connectivity index (χ4n) is 4.14. The molecule has 2 aromatic rings. The van der Waals surface area contributed by atoms with Gasteiger partial charge in [0.2, 0.25) is 11.7 Å². The van der Waals surface area contributed by atoms with Gasteiger partial charge in [0, 0.05) is 31.1 Å². The minimum absolute atomic E-state index is 0.316. The average Bonchev–Trinajstić information content (AvgIpc) is 2.97. The molecule has 140 valence electrons. The van der Waals surface area contributed by atoms with Crippen molar-refractivity contribution in [1.82, 2.24) is 14.9 Å². The summed E-state index contributed by atoms with van der Waals surface area (Å²) in [7, 11) is 0. The molecule has 1 unspecified atom stereocenters. The number of aryl methyl sites for hydroxylation is 1. The molecule has 5 nitrogen and oxygen atoms in total. The van der Waals surface area contributed by atoms with Crippen molar-refractivity contribution in [2.75, 3.05) is 31.1 Å². The molecule has 1 aliphatic carbocycles. The second-order valence-electron chi connectivity index (χ2n) is 8.43. The third-order valence-corrected chi connectivity index (χ3v) is 7.17. The summed E-state index contributed by atoms with van der Waals surface area (Å²) in [5.74, 6) is 1.66. The maximum atomic E-state index is 11.0. The van der Waals surface area contributed by atoms with E-state index in [0.717, 1.165) is 56.1 Å². The van der Waals surface area contributed by atoms with E-state index in [1.165, 1.54) is 22.2 Å². The van der Waals surface area contributed by atoms with Crippen molar-refractivity contribution in [3.05, 3.63) is 15.7 Å². The highest BCUT2D eigenvalue weighted by atomic mass is 35.5. The van der Waals surface area contributed by atoms with Gasteiger partial charge in [0.25, 0.3) is 0 Å². The molecule has 1 aliphatic heterocycles. The number of piperazine rings is 1. The van der Waals surface area contributed by atoms with Crippen molar-refractivity contribution in [3.8, 4) is 0 Å². The number of hydrogen-bond acceptors (Lipinski definition) is 5. The van der Waals surface area contributed by atoms with Crippen LogP contribution in [0.15, 0.2) is 0 Å². The van der Waals surface area contributed by atoms with Gasteiger partial charge in [-0.25, -0.2) is 4.98 Å². The second kappa shape index (κ2) is 6.64. The number of thiophene rings is 1. The van der Waals surface area contributed by atoms with Crippen LogP contribution in [-0.4, -0.2) is 47.5 Å². The van der Waals surface area contributed by atoms with E-state index in [9.17, 15) is 4.79 Å². The highest BCUT2D eigenvalue weighted by Crippen LogP contribution is 2.45. The Labute approximate surface area is 163 Å². The minimum atomic E-state index is 0.316. The summed E-state index contributed by atoms with van der Waals surface area (Å²) in [6, 6.07) is 0. The lowest BCUT2D eigenvalue weighted by atomic mass is 9.72. The Kier molecular flexibility index (Phi) is 4.59. The Morgan fingerprint density at radius 2 is 1.92 bits per heavy atom. The van der Waals surface area contributed by atoms with Crippen LogP contribution in [0.4, 0.5) is 5.82 Å². The lowest BCUT2D eigenvalue weighted by molar-refractivity contribution is -0.118. The number of anilines is 1. The van der Waals surface area contributed by atoms with E-state index in [0.29, 0.717) is 16.6 Å². The number of amides is 1. The van der Waals surface area contributed by atoms with E-state index in [2.05, 4.69) is 35.6 Å². The van der Waals surface area contributed by atoms with Gasteiger partial charge in [0.05, 0.1) is 5.39 Å². The number of carbonyl (C=O) groups is 1. The summed E-state index contributed by atoms with van der Waals surface area (Å²) >= 11 is 8.04. The predicted molar refractivity (Wildman–Crippen MR) is 107 cm³/mol. The average molecular weight is 393 g/mol. The molecule has 0 spiro atoms. The zero-order valence-corrected chi connectivity index (χ0v) is 17.2. The Balaban J connectivity index is 1.73. The normalized spacial score (nSPS) is 21.2. The third kappa shape index (κ3) is 3.18. The quantitative estimate of drug-likeness (QED) is 0.576. The zero-order valence-electron chi connectivity index (χ0n) is 15.6. The van der Waals surface area contributed by atoms with Crippen LogP contribution in [0.3, 0.4) is 0 Å². The Bertz CT molecular complexity index is 836. The first kappa shape index (κ1) is 18.0. The van der Waals surface area contributed by atoms with Crippen molar-refractivity contribution in [1.29, 1.82) is 0 Å². The molecule has 7 heteroatoms. The summed E-state index contributed by atoms with van der Waals surface area (Å²) in [6.07, 6.45) is 4.35. The topological polar surface area (TPSA) is 49.3 Å². The van der Waals surface area contributed by atoms with Crippen LogP contribution in [0, 0.1) is 11.3 Å². The molecule has 1 fully saturated rings. The number of halogens is 1. The summed E-state index contributed by atoms with van der Waals surface area (Å²) in [4.78, 5) is 26.7. The molecular formula is C19H25ClN4OS.